The molecule has 0 aromatic carbocycles. The van der Waals surface area contributed by atoms with Crippen molar-refractivity contribution in [1.29, 1.82) is 0 Å². The van der Waals surface area contributed by atoms with Gasteiger partial charge in [0.15, 0.2) is 0 Å². The van der Waals surface area contributed by atoms with Crippen molar-refractivity contribution in [1.82, 2.24) is 0 Å². The second kappa shape index (κ2) is 15.0. The van der Waals surface area contributed by atoms with Gasteiger partial charge in [-0.2, -0.15) is 0 Å². The average molecular weight is 314 g/mol. The van der Waals surface area contributed by atoms with Gasteiger partial charge in [-0.05, 0) is 19.3 Å². The van der Waals surface area contributed by atoms with Crippen LogP contribution in [0.2, 0.25) is 0 Å². The summed E-state index contributed by atoms with van der Waals surface area (Å²) in [5, 5.41) is 28.1. The van der Waals surface area contributed by atoms with Crippen molar-refractivity contribution < 1.29 is 20.1 Å². The largest absolute Gasteiger partial charge is 0.481 e. The molecule has 0 aliphatic rings. The van der Waals surface area contributed by atoms with Crippen molar-refractivity contribution in [2.24, 2.45) is 0 Å². The van der Waals surface area contributed by atoms with Crippen molar-refractivity contribution in [2.45, 2.75) is 96.2 Å². The first-order valence-electron chi connectivity index (χ1n) is 8.80. The van der Waals surface area contributed by atoms with E-state index < -0.39 is 18.2 Å². The van der Waals surface area contributed by atoms with Gasteiger partial charge in [0.05, 0.1) is 12.2 Å². The predicted octanol–water partition coefficient (Wildman–Crippen LogP) is 4.05. The molecule has 0 aromatic rings. The van der Waals surface area contributed by atoms with Crippen LogP contribution < -0.4 is 0 Å². The molecule has 0 aromatic heterocycles. The van der Waals surface area contributed by atoms with Gasteiger partial charge in [-0.25, -0.2) is 0 Å². The van der Waals surface area contributed by atoms with Crippen LogP contribution in [0.4, 0.5) is 0 Å². The third-order valence-electron chi connectivity index (χ3n) is 3.76. The molecule has 0 aliphatic heterocycles. The fraction of sp³-hybridized carbons (Fsp3) is 0.833. The van der Waals surface area contributed by atoms with E-state index >= 15 is 0 Å². The summed E-state index contributed by atoms with van der Waals surface area (Å²) >= 11 is 0. The first kappa shape index (κ1) is 21.1. The number of rotatable bonds is 15. The molecule has 3 N–H and O–H groups in total. The Morgan fingerprint density at radius 1 is 1.00 bits per heavy atom. The third-order valence-corrected chi connectivity index (χ3v) is 3.76. The number of carboxylic acids is 1. The number of carbonyl (C=O) groups is 1. The number of aliphatic hydroxyl groups excluding tert-OH is 2. The molecule has 0 radical (unpaired) electrons. The molecule has 2 atom stereocenters. The Hall–Kier alpha value is -0.870. The van der Waals surface area contributed by atoms with Crippen LogP contribution in [-0.4, -0.2) is 33.5 Å². The standard InChI is InChI=1S/C18H34O4/c1-2-3-9-12-16(19)15-17(20)13-10-7-5-4-6-8-11-14-18(21)22/h9,12,16-17,19-20H,2-8,10-11,13-15H2,1H3,(H,21,22)/b12-9+. The van der Waals surface area contributed by atoms with E-state index in [0.29, 0.717) is 6.42 Å². The van der Waals surface area contributed by atoms with Crippen LogP contribution in [-0.2, 0) is 4.79 Å². The predicted molar refractivity (Wildman–Crippen MR) is 89.9 cm³/mol. The minimum absolute atomic E-state index is 0.279. The zero-order chi connectivity index (χ0) is 16.6. The molecule has 0 heterocycles. The van der Waals surface area contributed by atoms with E-state index in [1.807, 2.05) is 6.08 Å². The Balaban J connectivity index is 3.37. The van der Waals surface area contributed by atoms with Crippen LogP contribution in [0.25, 0.3) is 0 Å². The van der Waals surface area contributed by atoms with Crippen LogP contribution in [0, 0.1) is 0 Å². The number of aliphatic hydroxyl groups is 2. The minimum atomic E-state index is -0.708. The van der Waals surface area contributed by atoms with Crippen LogP contribution in [0.3, 0.4) is 0 Å². The SMILES string of the molecule is CCC/C=C/C(O)CC(O)CCCCCCCCCC(=O)O. The van der Waals surface area contributed by atoms with Gasteiger partial charge in [0, 0.05) is 12.8 Å². The maximum atomic E-state index is 10.3. The average Bonchev–Trinajstić information content (AvgIpc) is 2.45. The number of hydrogen-bond donors (Lipinski definition) is 3. The Morgan fingerprint density at radius 3 is 2.18 bits per heavy atom. The molecule has 0 fully saturated rings. The topological polar surface area (TPSA) is 77.8 Å². The maximum absolute atomic E-state index is 10.3. The van der Waals surface area contributed by atoms with E-state index in [1.54, 1.807) is 6.08 Å². The molecule has 0 saturated carbocycles. The lowest BCUT2D eigenvalue weighted by Gasteiger charge is -2.12. The zero-order valence-corrected chi connectivity index (χ0v) is 14.0. The van der Waals surface area contributed by atoms with Gasteiger partial charge >= 0.3 is 5.97 Å². The van der Waals surface area contributed by atoms with E-state index in [0.717, 1.165) is 64.2 Å². The Morgan fingerprint density at radius 2 is 1.59 bits per heavy atom. The number of allylic oxidation sites excluding steroid dienone is 1. The van der Waals surface area contributed by atoms with Crippen molar-refractivity contribution in [3.8, 4) is 0 Å². The van der Waals surface area contributed by atoms with Crippen molar-refractivity contribution >= 4 is 5.97 Å². The molecule has 4 nitrogen and oxygen atoms in total. The third kappa shape index (κ3) is 15.5. The summed E-state index contributed by atoms with van der Waals surface area (Å²) in [6.07, 6.45) is 13.5. The number of hydrogen-bond acceptors (Lipinski definition) is 3. The molecule has 0 amide bonds. The zero-order valence-electron chi connectivity index (χ0n) is 14.0. The molecule has 22 heavy (non-hydrogen) atoms. The van der Waals surface area contributed by atoms with Gasteiger partial charge in [0.1, 0.15) is 0 Å². The maximum Gasteiger partial charge on any atom is 0.303 e. The van der Waals surface area contributed by atoms with E-state index in [1.165, 1.54) is 0 Å². The Kier molecular flexibility index (Phi) is 14.4. The molecule has 0 spiro atoms. The first-order chi connectivity index (χ1) is 10.6. The van der Waals surface area contributed by atoms with Gasteiger partial charge < -0.3 is 15.3 Å². The van der Waals surface area contributed by atoms with Crippen LogP contribution >= 0.6 is 0 Å². The van der Waals surface area contributed by atoms with Gasteiger partial charge in [-0.15, -0.1) is 0 Å². The van der Waals surface area contributed by atoms with Crippen molar-refractivity contribution in [2.75, 3.05) is 0 Å². The monoisotopic (exact) mass is 314 g/mol. The highest BCUT2D eigenvalue weighted by atomic mass is 16.4. The molecule has 4 heteroatoms. The van der Waals surface area contributed by atoms with Crippen molar-refractivity contribution in [3.63, 3.8) is 0 Å². The van der Waals surface area contributed by atoms with Gasteiger partial charge in [0.2, 0.25) is 0 Å². The highest BCUT2D eigenvalue weighted by Gasteiger charge is 2.08. The molecule has 0 saturated heterocycles. The molecule has 0 rings (SSSR count). The summed E-state index contributed by atoms with van der Waals surface area (Å²) < 4.78 is 0. The van der Waals surface area contributed by atoms with Gasteiger partial charge in [-0.1, -0.05) is 64.0 Å². The van der Waals surface area contributed by atoms with Crippen LogP contribution in [0.1, 0.15) is 84.0 Å². The minimum Gasteiger partial charge on any atom is -0.481 e. The fourth-order valence-electron chi connectivity index (χ4n) is 2.44. The first-order valence-corrected chi connectivity index (χ1v) is 8.80. The summed E-state index contributed by atoms with van der Waals surface area (Å²) in [6, 6.07) is 0. The molecule has 0 bridgehead atoms. The number of unbranched alkanes of at least 4 members (excludes halogenated alkanes) is 7. The van der Waals surface area contributed by atoms with Crippen molar-refractivity contribution in [3.05, 3.63) is 12.2 Å². The normalized spacial score (nSPS) is 14.3. The van der Waals surface area contributed by atoms with E-state index in [9.17, 15) is 15.0 Å². The Bertz CT molecular complexity index is 289. The smallest absolute Gasteiger partial charge is 0.303 e. The van der Waals surface area contributed by atoms with E-state index in [4.69, 9.17) is 5.11 Å². The molecule has 130 valence electrons. The second-order valence-electron chi connectivity index (χ2n) is 6.08. The van der Waals surface area contributed by atoms with Gasteiger partial charge in [-0.3, -0.25) is 4.79 Å². The second-order valence-corrected chi connectivity index (χ2v) is 6.08. The molecular weight excluding hydrogens is 280 g/mol. The highest BCUT2D eigenvalue weighted by molar-refractivity contribution is 5.66. The summed E-state index contributed by atoms with van der Waals surface area (Å²) in [6.45, 7) is 2.09. The lowest BCUT2D eigenvalue weighted by molar-refractivity contribution is -0.137. The van der Waals surface area contributed by atoms with E-state index in [2.05, 4.69) is 6.92 Å². The van der Waals surface area contributed by atoms with E-state index in [-0.39, 0.29) is 6.42 Å². The quantitative estimate of drug-likeness (QED) is 0.315. The Labute approximate surface area is 135 Å². The van der Waals surface area contributed by atoms with Crippen LogP contribution in [0.15, 0.2) is 12.2 Å². The number of carboxylic acid groups (broad SMARTS) is 1. The summed E-state index contributed by atoms with van der Waals surface area (Å²) in [4.78, 5) is 10.3. The molecular formula is C18H34O4. The van der Waals surface area contributed by atoms with Crippen LogP contribution in [0.5, 0.6) is 0 Å². The highest BCUT2D eigenvalue weighted by Crippen LogP contribution is 2.13. The molecule has 2 unspecified atom stereocenters. The summed E-state index contributed by atoms with van der Waals surface area (Å²) in [7, 11) is 0. The lowest BCUT2D eigenvalue weighted by Crippen LogP contribution is -2.15. The molecule has 0 aliphatic carbocycles. The summed E-state index contributed by atoms with van der Waals surface area (Å²) in [5.41, 5.74) is 0. The fourth-order valence-corrected chi connectivity index (χ4v) is 2.44. The lowest BCUT2D eigenvalue weighted by atomic mass is 10.0. The summed E-state index contributed by atoms with van der Waals surface area (Å²) in [5.74, 6) is -0.708. The number of aliphatic carboxylic acids is 1. The van der Waals surface area contributed by atoms with Gasteiger partial charge in [0.25, 0.3) is 0 Å².